The number of nitrogens with zero attached hydrogens (tertiary/aromatic N) is 2. The van der Waals surface area contributed by atoms with Gasteiger partial charge in [0.25, 0.3) is 5.89 Å². The van der Waals surface area contributed by atoms with Crippen molar-refractivity contribution in [1.29, 1.82) is 0 Å². The molecule has 0 aliphatic rings. The van der Waals surface area contributed by atoms with Crippen LogP contribution < -0.4 is 9.47 Å². The zero-order valence-corrected chi connectivity index (χ0v) is 12.4. The lowest BCUT2D eigenvalue weighted by Gasteiger charge is -2.03. The van der Waals surface area contributed by atoms with Gasteiger partial charge in [-0.3, -0.25) is 0 Å². The number of aromatic nitrogens is 2. The number of methoxy groups -OCH3 is 1. The van der Waals surface area contributed by atoms with Gasteiger partial charge in [0, 0.05) is 5.56 Å². The summed E-state index contributed by atoms with van der Waals surface area (Å²) in [6.45, 7) is 2.27. The summed E-state index contributed by atoms with van der Waals surface area (Å²) in [7, 11) is 1.63. The minimum atomic E-state index is 0.242. The van der Waals surface area contributed by atoms with Crippen molar-refractivity contribution in [1.82, 2.24) is 10.2 Å². The van der Waals surface area contributed by atoms with Crippen LogP contribution in [0.5, 0.6) is 11.5 Å². The lowest BCUT2D eigenvalue weighted by atomic mass is 10.2. The van der Waals surface area contributed by atoms with Gasteiger partial charge >= 0.3 is 0 Å². The van der Waals surface area contributed by atoms with Crippen molar-refractivity contribution >= 4 is 0 Å². The molecular formula is C17H16N2O3. The Morgan fingerprint density at radius 3 is 2.27 bits per heavy atom. The second-order valence-electron chi connectivity index (χ2n) is 4.83. The molecule has 0 spiro atoms. The third kappa shape index (κ3) is 3.25. The van der Waals surface area contributed by atoms with E-state index in [1.54, 1.807) is 7.11 Å². The quantitative estimate of drug-likeness (QED) is 0.719. The standard InChI is InChI=1S/C17H16N2O3/c1-12-3-7-15(8-4-12)21-11-16-18-19-17(22-16)13-5-9-14(20-2)10-6-13/h3-10H,11H2,1-2H3. The summed E-state index contributed by atoms with van der Waals surface area (Å²) in [4.78, 5) is 0. The van der Waals surface area contributed by atoms with E-state index in [9.17, 15) is 0 Å². The molecule has 0 saturated heterocycles. The van der Waals surface area contributed by atoms with Crippen LogP contribution in [0, 0.1) is 6.92 Å². The molecule has 1 heterocycles. The van der Waals surface area contributed by atoms with Gasteiger partial charge in [0.2, 0.25) is 5.89 Å². The van der Waals surface area contributed by atoms with Crippen LogP contribution in [-0.2, 0) is 6.61 Å². The highest BCUT2D eigenvalue weighted by atomic mass is 16.5. The SMILES string of the molecule is COc1ccc(-c2nnc(COc3ccc(C)cc3)o2)cc1. The summed E-state index contributed by atoms with van der Waals surface area (Å²) in [5.41, 5.74) is 2.03. The van der Waals surface area contributed by atoms with Crippen LogP contribution >= 0.6 is 0 Å². The van der Waals surface area contributed by atoms with E-state index in [2.05, 4.69) is 10.2 Å². The van der Waals surface area contributed by atoms with Gasteiger partial charge in [-0.15, -0.1) is 10.2 Å². The molecule has 3 aromatic rings. The fourth-order valence-corrected chi connectivity index (χ4v) is 1.94. The van der Waals surface area contributed by atoms with Crippen molar-refractivity contribution in [2.75, 3.05) is 7.11 Å². The van der Waals surface area contributed by atoms with E-state index in [0.717, 1.165) is 17.1 Å². The molecule has 0 aliphatic heterocycles. The van der Waals surface area contributed by atoms with Crippen molar-refractivity contribution in [2.45, 2.75) is 13.5 Å². The van der Waals surface area contributed by atoms with Crippen LogP contribution in [0.25, 0.3) is 11.5 Å². The van der Waals surface area contributed by atoms with Gasteiger partial charge in [-0.05, 0) is 43.3 Å². The Balaban J connectivity index is 1.66. The summed E-state index contributed by atoms with van der Waals surface area (Å²) in [5.74, 6) is 2.46. The minimum absolute atomic E-state index is 0.242. The second kappa shape index (κ2) is 6.30. The number of rotatable bonds is 5. The van der Waals surface area contributed by atoms with Crippen molar-refractivity contribution in [2.24, 2.45) is 0 Å². The highest BCUT2D eigenvalue weighted by Crippen LogP contribution is 2.21. The smallest absolute Gasteiger partial charge is 0.254 e. The maximum absolute atomic E-state index is 5.62. The molecule has 5 nitrogen and oxygen atoms in total. The normalized spacial score (nSPS) is 10.5. The average Bonchev–Trinajstić information content (AvgIpc) is 3.03. The highest BCUT2D eigenvalue weighted by molar-refractivity contribution is 5.53. The number of benzene rings is 2. The first-order valence-electron chi connectivity index (χ1n) is 6.91. The van der Waals surface area contributed by atoms with E-state index in [1.165, 1.54) is 5.56 Å². The van der Waals surface area contributed by atoms with Crippen molar-refractivity contribution in [3.05, 3.63) is 60.0 Å². The molecular weight excluding hydrogens is 280 g/mol. The van der Waals surface area contributed by atoms with Gasteiger partial charge in [0.05, 0.1) is 7.11 Å². The minimum Gasteiger partial charge on any atom is -0.497 e. The van der Waals surface area contributed by atoms with E-state index >= 15 is 0 Å². The molecule has 0 amide bonds. The fourth-order valence-electron chi connectivity index (χ4n) is 1.94. The lowest BCUT2D eigenvalue weighted by Crippen LogP contribution is -1.95. The molecule has 0 saturated carbocycles. The van der Waals surface area contributed by atoms with Crippen LogP contribution in [0.4, 0.5) is 0 Å². The molecule has 112 valence electrons. The van der Waals surface area contributed by atoms with E-state index in [4.69, 9.17) is 13.9 Å². The van der Waals surface area contributed by atoms with E-state index < -0.39 is 0 Å². The summed E-state index contributed by atoms with van der Waals surface area (Å²) < 4.78 is 16.3. The number of hydrogen-bond donors (Lipinski definition) is 0. The Bertz CT molecular complexity index is 733. The maximum atomic E-state index is 5.62. The second-order valence-corrected chi connectivity index (χ2v) is 4.83. The maximum Gasteiger partial charge on any atom is 0.254 e. The predicted octanol–water partition coefficient (Wildman–Crippen LogP) is 3.63. The molecule has 0 radical (unpaired) electrons. The van der Waals surface area contributed by atoms with Crippen LogP contribution in [0.1, 0.15) is 11.5 Å². The Kier molecular flexibility index (Phi) is 4.05. The molecule has 0 atom stereocenters. The Hall–Kier alpha value is -2.82. The first-order chi connectivity index (χ1) is 10.7. The Morgan fingerprint density at radius 2 is 1.59 bits per heavy atom. The zero-order chi connectivity index (χ0) is 15.4. The molecule has 1 aromatic heterocycles. The summed E-state index contributed by atoms with van der Waals surface area (Å²) in [6.07, 6.45) is 0. The van der Waals surface area contributed by atoms with E-state index in [1.807, 2.05) is 55.5 Å². The topological polar surface area (TPSA) is 57.4 Å². The van der Waals surface area contributed by atoms with Gasteiger partial charge in [-0.1, -0.05) is 17.7 Å². The third-order valence-corrected chi connectivity index (χ3v) is 3.19. The highest BCUT2D eigenvalue weighted by Gasteiger charge is 2.09. The van der Waals surface area contributed by atoms with Crippen molar-refractivity contribution < 1.29 is 13.9 Å². The first-order valence-corrected chi connectivity index (χ1v) is 6.91. The Morgan fingerprint density at radius 1 is 0.909 bits per heavy atom. The molecule has 0 fully saturated rings. The van der Waals surface area contributed by atoms with Gasteiger partial charge in [0.1, 0.15) is 11.5 Å². The molecule has 5 heteroatoms. The summed E-state index contributed by atoms with van der Waals surface area (Å²) in [6, 6.07) is 15.3. The molecule has 22 heavy (non-hydrogen) atoms. The summed E-state index contributed by atoms with van der Waals surface area (Å²) in [5, 5.41) is 8.03. The van der Waals surface area contributed by atoms with Crippen LogP contribution in [0.3, 0.4) is 0 Å². The van der Waals surface area contributed by atoms with Gasteiger partial charge in [-0.2, -0.15) is 0 Å². The molecule has 3 rings (SSSR count). The summed E-state index contributed by atoms with van der Waals surface area (Å²) >= 11 is 0. The third-order valence-electron chi connectivity index (χ3n) is 3.19. The lowest BCUT2D eigenvalue weighted by molar-refractivity contribution is 0.264. The van der Waals surface area contributed by atoms with Gasteiger partial charge in [0.15, 0.2) is 6.61 Å². The number of hydrogen-bond acceptors (Lipinski definition) is 5. The first kappa shape index (κ1) is 14.1. The van der Waals surface area contributed by atoms with Crippen molar-refractivity contribution in [3.8, 4) is 23.0 Å². The molecule has 0 unspecified atom stereocenters. The Labute approximate surface area is 128 Å². The van der Waals surface area contributed by atoms with Gasteiger partial charge < -0.3 is 13.9 Å². The fraction of sp³-hybridized carbons (Fsp3) is 0.176. The molecule has 0 N–H and O–H groups in total. The monoisotopic (exact) mass is 296 g/mol. The van der Waals surface area contributed by atoms with Crippen LogP contribution in [0.15, 0.2) is 52.9 Å². The van der Waals surface area contributed by atoms with Crippen molar-refractivity contribution in [3.63, 3.8) is 0 Å². The van der Waals surface area contributed by atoms with E-state index in [0.29, 0.717) is 11.8 Å². The molecule has 0 aliphatic carbocycles. The van der Waals surface area contributed by atoms with E-state index in [-0.39, 0.29) is 6.61 Å². The zero-order valence-electron chi connectivity index (χ0n) is 12.4. The number of ether oxygens (including phenoxy) is 2. The number of aryl methyl sites for hydroxylation is 1. The predicted molar refractivity (Wildman–Crippen MR) is 81.8 cm³/mol. The average molecular weight is 296 g/mol. The molecule has 2 aromatic carbocycles. The van der Waals surface area contributed by atoms with Crippen LogP contribution in [0.2, 0.25) is 0 Å². The largest absolute Gasteiger partial charge is 0.497 e. The van der Waals surface area contributed by atoms with Gasteiger partial charge in [-0.25, -0.2) is 0 Å². The molecule has 0 bridgehead atoms. The van der Waals surface area contributed by atoms with Crippen LogP contribution in [-0.4, -0.2) is 17.3 Å².